The van der Waals surface area contributed by atoms with Crippen LogP contribution in [-0.4, -0.2) is 10.9 Å². The molecule has 1 fully saturated rings. The molecule has 2 nitrogen and oxygen atoms in total. The van der Waals surface area contributed by atoms with Crippen molar-refractivity contribution in [2.45, 2.75) is 25.2 Å². The summed E-state index contributed by atoms with van der Waals surface area (Å²) in [4.78, 5) is 0. The molecule has 0 aliphatic heterocycles. The molecule has 13 heavy (non-hydrogen) atoms. The van der Waals surface area contributed by atoms with Gasteiger partial charge in [-0.1, -0.05) is 35.5 Å². The van der Waals surface area contributed by atoms with E-state index in [0.29, 0.717) is 5.92 Å². The average Bonchev–Trinajstić information content (AvgIpc) is 2.67. The first-order valence-corrected chi connectivity index (χ1v) is 4.67. The maximum Gasteiger partial charge on any atom is 0.0645 e. The summed E-state index contributed by atoms with van der Waals surface area (Å²) in [6.07, 6.45) is 3.19. The van der Waals surface area contributed by atoms with E-state index in [4.69, 9.17) is 5.21 Å². The van der Waals surface area contributed by atoms with E-state index < -0.39 is 0 Å². The number of oxime groups is 1. The molecule has 0 radical (unpaired) electrons. The molecule has 0 bridgehead atoms. The summed E-state index contributed by atoms with van der Waals surface area (Å²) in [6.45, 7) is 0. The zero-order valence-electron chi connectivity index (χ0n) is 7.48. The highest BCUT2D eigenvalue weighted by Crippen LogP contribution is 2.31. The Morgan fingerprint density at radius 3 is 2.69 bits per heavy atom. The highest BCUT2D eigenvalue weighted by atomic mass is 16.4. The Morgan fingerprint density at radius 2 is 2.00 bits per heavy atom. The van der Waals surface area contributed by atoms with E-state index in [1.807, 2.05) is 18.2 Å². The lowest BCUT2D eigenvalue weighted by Crippen LogP contribution is -2.04. The first kappa shape index (κ1) is 8.30. The van der Waals surface area contributed by atoms with E-state index in [0.717, 1.165) is 25.0 Å². The molecule has 1 aromatic carbocycles. The zero-order chi connectivity index (χ0) is 9.10. The van der Waals surface area contributed by atoms with Gasteiger partial charge in [-0.25, -0.2) is 0 Å². The van der Waals surface area contributed by atoms with Crippen LogP contribution in [0.25, 0.3) is 0 Å². The molecule has 2 rings (SSSR count). The van der Waals surface area contributed by atoms with Crippen molar-refractivity contribution in [1.29, 1.82) is 0 Å². The molecular weight excluding hydrogens is 162 g/mol. The lowest BCUT2D eigenvalue weighted by Gasteiger charge is -2.09. The summed E-state index contributed by atoms with van der Waals surface area (Å²) in [7, 11) is 0. The predicted molar refractivity (Wildman–Crippen MR) is 52.3 cm³/mol. The summed E-state index contributed by atoms with van der Waals surface area (Å²) in [5.41, 5.74) is 2.21. The lowest BCUT2D eigenvalue weighted by atomic mass is 9.97. The first-order valence-electron chi connectivity index (χ1n) is 4.67. The molecule has 1 saturated carbocycles. The Balaban J connectivity index is 2.27. The molecule has 1 aromatic rings. The van der Waals surface area contributed by atoms with E-state index in [9.17, 15) is 0 Å². The van der Waals surface area contributed by atoms with Gasteiger partial charge in [-0.3, -0.25) is 0 Å². The second-order valence-electron chi connectivity index (χ2n) is 3.45. The molecule has 68 valence electrons. The molecule has 0 aromatic heterocycles. The second kappa shape index (κ2) is 3.60. The van der Waals surface area contributed by atoms with Crippen molar-refractivity contribution < 1.29 is 5.21 Å². The third kappa shape index (κ3) is 1.57. The summed E-state index contributed by atoms with van der Waals surface area (Å²) < 4.78 is 0. The van der Waals surface area contributed by atoms with Crippen molar-refractivity contribution in [3.05, 3.63) is 35.9 Å². The molecule has 0 amide bonds. The fourth-order valence-corrected chi connectivity index (χ4v) is 1.99. The van der Waals surface area contributed by atoms with Crippen LogP contribution in [-0.2, 0) is 0 Å². The van der Waals surface area contributed by atoms with Crippen LogP contribution in [0, 0.1) is 0 Å². The van der Waals surface area contributed by atoms with Gasteiger partial charge >= 0.3 is 0 Å². The minimum absolute atomic E-state index is 0.353. The van der Waals surface area contributed by atoms with Crippen LogP contribution < -0.4 is 0 Å². The lowest BCUT2D eigenvalue weighted by molar-refractivity contribution is 0.316. The Morgan fingerprint density at radius 1 is 1.23 bits per heavy atom. The van der Waals surface area contributed by atoms with Crippen LogP contribution in [0.5, 0.6) is 0 Å². The van der Waals surface area contributed by atoms with Gasteiger partial charge in [0, 0.05) is 5.92 Å². The molecule has 1 unspecified atom stereocenters. The molecular formula is C11H13NO. The number of benzene rings is 1. The largest absolute Gasteiger partial charge is 0.411 e. The van der Waals surface area contributed by atoms with Crippen molar-refractivity contribution in [1.82, 2.24) is 0 Å². The smallest absolute Gasteiger partial charge is 0.0645 e. The Kier molecular flexibility index (Phi) is 2.30. The van der Waals surface area contributed by atoms with Crippen molar-refractivity contribution in [2.24, 2.45) is 5.16 Å². The van der Waals surface area contributed by atoms with Gasteiger partial charge in [-0.15, -0.1) is 0 Å². The molecule has 0 saturated heterocycles. The summed E-state index contributed by atoms with van der Waals surface area (Å²) in [5.74, 6) is 0.353. The van der Waals surface area contributed by atoms with Crippen LogP contribution in [0.4, 0.5) is 0 Å². The maximum atomic E-state index is 8.79. The Labute approximate surface area is 77.9 Å². The van der Waals surface area contributed by atoms with E-state index in [-0.39, 0.29) is 0 Å². The van der Waals surface area contributed by atoms with Crippen molar-refractivity contribution in [2.75, 3.05) is 0 Å². The van der Waals surface area contributed by atoms with Gasteiger partial charge in [0.15, 0.2) is 0 Å². The third-order valence-electron chi connectivity index (χ3n) is 2.66. The molecule has 1 atom stereocenters. The van der Waals surface area contributed by atoms with Gasteiger partial charge in [-0.2, -0.15) is 0 Å². The quantitative estimate of drug-likeness (QED) is 0.516. The molecule has 1 N–H and O–H groups in total. The summed E-state index contributed by atoms with van der Waals surface area (Å²) >= 11 is 0. The van der Waals surface area contributed by atoms with Crippen LogP contribution in [0.1, 0.15) is 30.7 Å². The average molecular weight is 175 g/mol. The molecule has 1 aliphatic rings. The standard InChI is InChI=1S/C11H13NO/c13-12-11-8-4-7-10(11)9-5-2-1-3-6-9/h1-3,5-6,10,13H,4,7-8H2. The highest BCUT2D eigenvalue weighted by Gasteiger charge is 2.24. The fourth-order valence-electron chi connectivity index (χ4n) is 1.99. The van der Waals surface area contributed by atoms with Gasteiger partial charge < -0.3 is 5.21 Å². The number of rotatable bonds is 1. The van der Waals surface area contributed by atoms with Gasteiger partial charge in [0.05, 0.1) is 5.71 Å². The number of hydrogen-bond acceptors (Lipinski definition) is 2. The maximum absolute atomic E-state index is 8.79. The summed E-state index contributed by atoms with van der Waals surface area (Å²) in [6, 6.07) is 10.3. The van der Waals surface area contributed by atoms with E-state index in [1.165, 1.54) is 5.56 Å². The minimum Gasteiger partial charge on any atom is -0.411 e. The van der Waals surface area contributed by atoms with Crippen LogP contribution >= 0.6 is 0 Å². The fraction of sp³-hybridized carbons (Fsp3) is 0.364. The molecule has 2 heteroatoms. The van der Waals surface area contributed by atoms with Gasteiger partial charge in [0.2, 0.25) is 0 Å². The van der Waals surface area contributed by atoms with Gasteiger partial charge in [0.25, 0.3) is 0 Å². The first-order chi connectivity index (χ1) is 6.42. The van der Waals surface area contributed by atoms with Crippen molar-refractivity contribution in [3.8, 4) is 0 Å². The van der Waals surface area contributed by atoms with Crippen LogP contribution in [0.2, 0.25) is 0 Å². The highest BCUT2D eigenvalue weighted by molar-refractivity contribution is 5.92. The number of hydrogen-bond donors (Lipinski definition) is 1. The monoisotopic (exact) mass is 175 g/mol. The van der Waals surface area contributed by atoms with Crippen LogP contribution in [0.15, 0.2) is 35.5 Å². The Hall–Kier alpha value is -1.31. The number of nitrogens with zero attached hydrogens (tertiary/aromatic N) is 1. The predicted octanol–water partition coefficient (Wildman–Crippen LogP) is 2.78. The van der Waals surface area contributed by atoms with Crippen LogP contribution in [0.3, 0.4) is 0 Å². The normalized spacial score (nSPS) is 25.2. The van der Waals surface area contributed by atoms with Crippen molar-refractivity contribution in [3.63, 3.8) is 0 Å². The Bertz CT molecular complexity index is 305. The topological polar surface area (TPSA) is 32.6 Å². The molecule has 0 heterocycles. The van der Waals surface area contributed by atoms with E-state index in [2.05, 4.69) is 17.3 Å². The second-order valence-corrected chi connectivity index (χ2v) is 3.45. The van der Waals surface area contributed by atoms with Gasteiger partial charge in [0.1, 0.15) is 0 Å². The zero-order valence-corrected chi connectivity index (χ0v) is 7.48. The van der Waals surface area contributed by atoms with E-state index >= 15 is 0 Å². The third-order valence-corrected chi connectivity index (χ3v) is 2.66. The minimum atomic E-state index is 0.353. The SMILES string of the molecule is ON=C1CCCC1c1ccccc1. The molecule has 0 spiro atoms. The molecule has 1 aliphatic carbocycles. The summed E-state index contributed by atoms with van der Waals surface area (Å²) in [5, 5.41) is 12.1. The van der Waals surface area contributed by atoms with Crippen molar-refractivity contribution >= 4 is 5.71 Å². The van der Waals surface area contributed by atoms with Gasteiger partial charge in [-0.05, 0) is 24.8 Å². The van der Waals surface area contributed by atoms with E-state index in [1.54, 1.807) is 0 Å².